The molecular formula is C14H29N3O2. The summed E-state index contributed by atoms with van der Waals surface area (Å²) in [5, 5.41) is 12.3. The van der Waals surface area contributed by atoms with Crippen molar-refractivity contribution < 1.29 is 9.90 Å². The van der Waals surface area contributed by atoms with E-state index in [2.05, 4.69) is 35.9 Å². The van der Waals surface area contributed by atoms with E-state index >= 15 is 0 Å². The molecule has 0 radical (unpaired) electrons. The van der Waals surface area contributed by atoms with Gasteiger partial charge in [0, 0.05) is 38.8 Å². The van der Waals surface area contributed by atoms with Gasteiger partial charge in [0.15, 0.2) is 0 Å². The van der Waals surface area contributed by atoms with Crippen molar-refractivity contribution in [3.63, 3.8) is 0 Å². The van der Waals surface area contributed by atoms with Crippen molar-refractivity contribution in [1.29, 1.82) is 0 Å². The number of carboxylic acid groups (broad SMARTS) is 1. The maximum absolute atomic E-state index is 11.2. The van der Waals surface area contributed by atoms with Crippen molar-refractivity contribution in [2.24, 2.45) is 0 Å². The summed E-state index contributed by atoms with van der Waals surface area (Å²) in [6.07, 6.45) is 2.14. The molecule has 1 rings (SSSR count). The lowest BCUT2D eigenvalue weighted by Crippen LogP contribution is -2.54. The fourth-order valence-corrected chi connectivity index (χ4v) is 2.45. The number of carboxylic acids is 1. The molecule has 2 unspecified atom stereocenters. The van der Waals surface area contributed by atoms with E-state index in [1.165, 1.54) is 6.42 Å². The average Bonchev–Trinajstić information content (AvgIpc) is 2.43. The minimum Gasteiger partial charge on any atom is -0.480 e. The van der Waals surface area contributed by atoms with Crippen LogP contribution in [0.25, 0.3) is 0 Å². The van der Waals surface area contributed by atoms with Crippen LogP contribution in [0.4, 0.5) is 0 Å². The van der Waals surface area contributed by atoms with Crippen LogP contribution in [-0.4, -0.2) is 72.2 Å². The second kappa shape index (κ2) is 8.51. The quantitative estimate of drug-likeness (QED) is 0.685. The van der Waals surface area contributed by atoms with E-state index in [0.717, 1.165) is 39.1 Å². The van der Waals surface area contributed by atoms with E-state index in [1.807, 2.05) is 0 Å². The molecule has 0 aliphatic carbocycles. The predicted octanol–water partition coefficient (Wildman–Crippen LogP) is 0.855. The van der Waals surface area contributed by atoms with Gasteiger partial charge in [0.25, 0.3) is 0 Å². The highest BCUT2D eigenvalue weighted by atomic mass is 16.4. The first-order chi connectivity index (χ1) is 9.08. The summed E-state index contributed by atoms with van der Waals surface area (Å²) in [4.78, 5) is 16.0. The zero-order valence-corrected chi connectivity index (χ0v) is 12.6. The van der Waals surface area contributed by atoms with Crippen molar-refractivity contribution in [2.75, 3.05) is 39.3 Å². The van der Waals surface area contributed by atoms with Crippen molar-refractivity contribution in [2.45, 2.75) is 45.7 Å². The Morgan fingerprint density at radius 2 is 1.89 bits per heavy atom. The molecule has 5 nitrogen and oxygen atoms in total. The first-order valence-corrected chi connectivity index (χ1v) is 7.51. The number of nitrogens with zero attached hydrogens (tertiary/aromatic N) is 2. The molecule has 0 spiro atoms. The number of aliphatic carboxylic acids is 1. The van der Waals surface area contributed by atoms with E-state index in [9.17, 15) is 9.90 Å². The number of hydrogen-bond acceptors (Lipinski definition) is 4. The van der Waals surface area contributed by atoms with E-state index in [-0.39, 0.29) is 0 Å². The summed E-state index contributed by atoms with van der Waals surface area (Å²) < 4.78 is 0. The Bertz CT molecular complexity index is 265. The van der Waals surface area contributed by atoms with Gasteiger partial charge in [-0.2, -0.15) is 0 Å². The molecule has 1 saturated heterocycles. The highest BCUT2D eigenvalue weighted by Gasteiger charge is 2.24. The van der Waals surface area contributed by atoms with E-state index in [4.69, 9.17) is 0 Å². The minimum absolute atomic E-state index is 0.435. The number of carbonyl (C=O) groups is 1. The van der Waals surface area contributed by atoms with Gasteiger partial charge in [-0.05, 0) is 26.3 Å². The van der Waals surface area contributed by atoms with Gasteiger partial charge in [-0.25, -0.2) is 0 Å². The van der Waals surface area contributed by atoms with Crippen molar-refractivity contribution in [3.05, 3.63) is 0 Å². The Morgan fingerprint density at radius 1 is 1.26 bits per heavy atom. The molecule has 2 atom stereocenters. The third kappa shape index (κ3) is 5.47. The summed E-state index contributed by atoms with van der Waals surface area (Å²) in [6.45, 7) is 12.0. The molecule has 0 bridgehead atoms. The second-order valence-corrected chi connectivity index (χ2v) is 5.44. The van der Waals surface area contributed by atoms with Gasteiger partial charge in [-0.3, -0.25) is 14.6 Å². The van der Waals surface area contributed by atoms with Crippen LogP contribution in [0.3, 0.4) is 0 Å². The topological polar surface area (TPSA) is 55.8 Å². The van der Waals surface area contributed by atoms with Gasteiger partial charge >= 0.3 is 5.97 Å². The zero-order valence-electron chi connectivity index (χ0n) is 12.6. The summed E-state index contributed by atoms with van der Waals surface area (Å²) >= 11 is 0. The molecule has 1 aliphatic rings. The standard InChI is InChI=1S/C14H29N3O2/c1-4-6-15-13(14(18)19)11-16-7-9-17(10-8-16)12(3)5-2/h12-13,15H,4-11H2,1-3H3,(H,18,19). The minimum atomic E-state index is -0.738. The Morgan fingerprint density at radius 3 is 2.37 bits per heavy atom. The van der Waals surface area contributed by atoms with Crippen molar-refractivity contribution in [1.82, 2.24) is 15.1 Å². The van der Waals surface area contributed by atoms with Crippen molar-refractivity contribution >= 4 is 5.97 Å². The highest BCUT2D eigenvalue weighted by molar-refractivity contribution is 5.73. The molecule has 5 heteroatoms. The van der Waals surface area contributed by atoms with Gasteiger partial charge in [0.2, 0.25) is 0 Å². The van der Waals surface area contributed by atoms with Crippen LogP contribution >= 0.6 is 0 Å². The molecule has 0 aromatic rings. The van der Waals surface area contributed by atoms with E-state index < -0.39 is 12.0 Å². The molecule has 0 saturated carbocycles. The third-order valence-corrected chi connectivity index (χ3v) is 4.00. The molecule has 19 heavy (non-hydrogen) atoms. The van der Waals surface area contributed by atoms with Crippen LogP contribution in [0.5, 0.6) is 0 Å². The molecule has 1 aliphatic heterocycles. The maximum atomic E-state index is 11.2. The van der Waals surface area contributed by atoms with Gasteiger partial charge in [-0.1, -0.05) is 13.8 Å². The lowest BCUT2D eigenvalue weighted by Gasteiger charge is -2.38. The Labute approximate surface area is 117 Å². The SMILES string of the molecule is CCCNC(CN1CCN(C(C)CC)CC1)C(=O)O. The van der Waals surface area contributed by atoms with E-state index in [0.29, 0.717) is 12.6 Å². The Kier molecular flexibility index (Phi) is 7.34. The molecule has 2 N–H and O–H groups in total. The normalized spacial score (nSPS) is 21.2. The summed E-state index contributed by atoms with van der Waals surface area (Å²) in [5.74, 6) is -0.738. The third-order valence-electron chi connectivity index (χ3n) is 4.00. The van der Waals surface area contributed by atoms with Gasteiger partial charge in [0.1, 0.15) is 6.04 Å². The van der Waals surface area contributed by atoms with Gasteiger partial charge in [-0.15, -0.1) is 0 Å². The zero-order chi connectivity index (χ0) is 14.3. The van der Waals surface area contributed by atoms with Gasteiger partial charge in [0.05, 0.1) is 0 Å². The summed E-state index contributed by atoms with van der Waals surface area (Å²) in [5.41, 5.74) is 0. The van der Waals surface area contributed by atoms with Crippen LogP contribution in [0, 0.1) is 0 Å². The molecule has 0 aromatic heterocycles. The molecular weight excluding hydrogens is 242 g/mol. The number of piperazine rings is 1. The summed E-state index contributed by atoms with van der Waals surface area (Å²) in [6, 6.07) is 0.200. The predicted molar refractivity (Wildman–Crippen MR) is 77.5 cm³/mol. The molecule has 0 aromatic carbocycles. The Hall–Kier alpha value is -0.650. The van der Waals surface area contributed by atoms with Gasteiger partial charge < -0.3 is 10.4 Å². The largest absolute Gasteiger partial charge is 0.480 e. The number of rotatable bonds is 8. The van der Waals surface area contributed by atoms with Crippen molar-refractivity contribution in [3.8, 4) is 0 Å². The number of hydrogen-bond donors (Lipinski definition) is 2. The molecule has 1 fully saturated rings. The van der Waals surface area contributed by atoms with Crippen LogP contribution in [0.2, 0.25) is 0 Å². The van der Waals surface area contributed by atoms with Crippen LogP contribution < -0.4 is 5.32 Å². The average molecular weight is 271 g/mol. The maximum Gasteiger partial charge on any atom is 0.322 e. The fraction of sp³-hybridized carbons (Fsp3) is 0.929. The fourth-order valence-electron chi connectivity index (χ4n) is 2.45. The molecule has 1 heterocycles. The van der Waals surface area contributed by atoms with Crippen LogP contribution in [0.15, 0.2) is 0 Å². The smallest absolute Gasteiger partial charge is 0.322 e. The second-order valence-electron chi connectivity index (χ2n) is 5.44. The monoisotopic (exact) mass is 271 g/mol. The lowest BCUT2D eigenvalue weighted by molar-refractivity contribution is -0.140. The first kappa shape index (κ1) is 16.4. The lowest BCUT2D eigenvalue weighted by atomic mass is 10.1. The molecule has 112 valence electrons. The first-order valence-electron chi connectivity index (χ1n) is 7.51. The Balaban J connectivity index is 2.35. The van der Waals surface area contributed by atoms with E-state index in [1.54, 1.807) is 0 Å². The highest BCUT2D eigenvalue weighted by Crippen LogP contribution is 2.09. The molecule has 0 amide bonds. The van der Waals surface area contributed by atoms with Crippen LogP contribution in [-0.2, 0) is 4.79 Å². The van der Waals surface area contributed by atoms with Crippen LogP contribution in [0.1, 0.15) is 33.6 Å². The number of nitrogens with one attached hydrogen (secondary N) is 1. The summed E-state index contributed by atoms with van der Waals surface area (Å²) in [7, 11) is 0.